The van der Waals surface area contributed by atoms with Crippen molar-refractivity contribution in [1.29, 1.82) is 0 Å². The second-order valence-electron chi connectivity index (χ2n) is 6.65. The van der Waals surface area contributed by atoms with E-state index < -0.39 is 6.04 Å². The molecule has 1 saturated carbocycles. The predicted octanol–water partition coefficient (Wildman–Crippen LogP) is 3.87. The number of carbonyl (C=O) groups is 1. The van der Waals surface area contributed by atoms with Gasteiger partial charge in [-0.25, -0.2) is 0 Å². The number of nitrogens with two attached hydrogens (primary N) is 1. The van der Waals surface area contributed by atoms with E-state index in [-0.39, 0.29) is 23.7 Å². The smallest absolute Gasteiger partial charge is 0.237 e. The van der Waals surface area contributed by atoms with Gasteiger partial charge in [0.2, 0.25) is 5.91 Å². The third-order valence-electron chi connectivity index (χ3n) is 5.00. The monoisotopic (exact) mass is 378 g/mol. The lowest BCUT2D eigenvalue weighted by molar-refractivity contribution is -0.122. The van der Waals surface area contributed by atoms with Gasteiger partial charge in [-0.3, -0.25) is 4.79 Å². The number of hydrogen-bond acceptors (Lipinski definition) is 2. The highest BCUT2D eigenvalue weighted by atomic mass is 35.5. The minimum Gasteiger partial charge on any atom is -0.354 e. The standard InChI is InChI=1S/C20H23ClN2O.ClH/c21-17-9-7-16(8-10-17)20(11-4-12-20)14-23-19(24)18(22)13-15-5-2-1-3-6-15;/h1-3,5-10,18H,4,11-14,22H2,(H,23,24);1H/t18-;/m0./s1. The van der Waals surface area contributed by atoms with Crippen LogP contribution in [0.2, 0.25) is 5.02 Å². The molecule has 2 aromatic carbocycles. The summed E-state index contributed by atoms with van der Waals surface area (Å²) in [5, 5.41) is 3.80. The van der Waals surface area contributed by atoms with Gasteiger partial charge in [-0.1, -0.05) is 60.5 Å². The Bertz CT molecular complexity index is 685. The van der Waals surface area contributed by atoms with Gasteiger partial charge in [0.05, 0.1) is 6.04 Å². The summed E-state index contributed by atoms with van der Waals surface area (Å²) in [4.78, 5) is 12.4. The number of amides is 1. The maximum absolute atomic E-state index is 12.4. The SMILES string of the molecule is Cl.N[C@@H](Cc1ccccc1)C(=O)NCC1(c2ccc(Cl)cc2)CCC1. The van der Waals surface area contributed by atoms with Gasteiger partial charge in [-0.15, -0.1) is 12.4 Å². The Balaban J connectivity index is 0.00000225. The van der Waals surface area contributed by atoms with Crippen LogP contribution < -0.4 is 11.1 Å². The molecule has 1 fully saturated rings. The molecule has 3 nitrogen and oxygen atoms in total. The van der Waals surface area contributed by atoms with Gasteiger partial charge in [0.25, 0.3) is 0 Å². The fraction of sp³-hybridized carbons (Fsp3) is 0.350. The summed E-state index contributed by atoms with van der Waals surface area (Å²) in [5.74, 6) is -0.0842. The molecule has 0 saturated heterocycles. The number of nitrogens with one attached hydrogen (secondary N) is 1. The van der Waals surface area contributed by atoms with Crippen molar-refractivity contribution in [3.05, 3.63) is 70.7 Å². The molecule has 3 rings (SSSR count). The molecule has 134 valence electrons. The second-order valence-corrected chi connectivity index (χ2v) is 7.09. The summed E-state index contributed by atoms with van der Waals surface area (Å²) in [7, 11) is 0. The minimum absolute atomic E-state index is 0. The van der Waals surface area contributed by atoms with Crippen molar-refractivity contribution in [2.24, 2.45) is 5.73 Å². The number of hydrogen-bond donors (Lipinski definition) is 2. The van der Waals surface area contributed by atoms with Gasteiger partial charge in [0.15, 0.2) is 0 Å². The number of halogens is 2. The van der Waals surface area contributed by atoms with E-state index in [0.717, 1.165) is 23.4 Å². The van der Waals surface area contributed by atoms with E-state index in [4.69, 9.17) is 17.3 Å². The quantitative estimate of drug-likeness (QED) is 0.801. The summed E-state index contributed by atoms with van der Waals surface area (Å²) in [6.45, 7) is 0.635. The summed E-state index contributed by atoms with van der Waals surface area (Å²) >= 11 is 5.98. The lowest BCUT2D eigenvalue weighted by Gasteiger charge is -2.42. The Morgan fingerprint density at radius 3 is 2.32 bits per heavy atom. The van der Waals surface area contributed by atoms with Crippen molar-refractivity contribution < 1.29 is 4.79 Å². The zero-order valence-electron chi connectivity index (χ0n) is 14.1. The molecule has 0 bridgehead atoms. The molecular formula is C20H24Cl2N2O. The molecule has 0 aliphatic heterocycles. The first-order valence-electron chi connectivity index (χ1n) is 8.42. The van der Waals surface area contributed by atoms with Crippen LogP contribution in [0.5, 0.6) is 0 Å². The van der Waals surface area contributed by atoms with Gasteiger partial charge in [0.1, 0.15) is 0 Å². The third-order valence-corrected chi connectivity index (χ3v) is 5.26. The first-order valence-corrected chi connectivity index (χ1v) is 8.80. The maximum Gasteiger partial charge on any atom is 0.237 e. The van der Waals surface area contributed by atoms with Crippen LogP contribution in [-0.2, 0) is 16.6 Å². The summed E-state index contributed by atoms with van der Waals surface area (Å²) < 4.78 is 0. The van der Waals surface area contributed by atoms with E-state index in [1.54, 1.807) is 0 Å². The van der Waals surface area contributed by atoms with Gasteiger partial charge in [-0.05, 0) is 42.5 Å². The topological polar surface area (TPSA) is 55.1 Å². The molecule has 1 amide bonds. The zero-order valence-corrected chi connectivity index (χ0v) is 15.7. The Hall–Kier alpha value is -1.55. The molecule has 2 aromatic rings. The average Bonchev–Trinajstić information content (AvgIpc) is 2.56. The van der Waals surface area contributed by atoms with Gasteiger partial charge in [-0.2, -0.15) is 0 Å². The van der Waals surface area contributed by atoms with E-state index in [9.17, 15) is 4.79 Å². The Kier molecular flexibility index (Phi) is 6.88. The van der Waals surface area contributed by atoms with Crippen molar-refractivity contribution in [3.8, 4) is 0 Å². The van der Waals surface area contributed by atoms with Crippen molar-refractivity contribution in [2.75, 3.05) is 6.54 Å². The lowest BCUT2D eigenvalue weighted by Crippen LogP contribution is -2.50. The highest BCUT2D eigenvalue weighted by Crippen LogP contribution is 2.43. The van der Waals surface area contributed by atoms with E-state index in [2.05, 4.69) is 17.4 Å². The zero-order chi connectivity index (χ0) is 17.0. The van der Waals surface area contributed by atoms with Crippen LogP contribution in [0.15, 0.2) is 54.6 Å². The predicted molar refractivity (Wildman–Crippen MR) is 105 cm³/mol. The normalized spacial score (nSPS) is 16.2. The molecule has 0 spiro atoms. The van der Waals surface area contributed by atoms with E-state index in [0.29, 0.717) is 13.0 Å². The summed E-state index contributed by atoms with van der Waals surface area (Å²) in [6.07, 6.45) is 3.92. The van der Waals surface area contributed by atoms with Crippen LogP contribution in [0.1, 0.15) is 30.4 Å². The van der Waals surface area contributed by atoms with E-state index in [1.807, 2.05) is 42.5 Å². The molecule has 0 aromatic heterocycles. The molecule has 0 unspecified atom stereocenters. The van der Waals surface area contributed by atoms with Crippen LogP contribution in [-0.4, -0.2) is 18.5 Å². The van der Waals surface area contributed by atoms with Gasteiger partial charge >= 0.3 is 0 Å². The Labute approximate surface area is 160 Å². The molecule has 1 aliphatic rings. The van der Waals surface area contributed by atoms with Crippen molar-refractivity contribution in [1.82, 2.24) is 5.32 Å². The van der Waals surface area contributed by atoms with Gasteiger partial charge < -0.3 is 11.1 Å². The number of carbonyl (C=O) groups excluding carboxylic acids is 1. The van der Waals surface area contributed by atoms with Crippen LogP contribution >= 0.6 is 24.0 Å². The Morgan fingerprint density at radius 1 is 1.12 bits per heavy atom. The van der Waals surface area contributed by atoms with Crippen molar-refractivity contribution in [3.63, 3.8) is 0 Å². The second kappa shape index (κ2) is 8.70. The highest BCUT2D eigenvalue weighted by Gasteiger charge is 2.39. The minimum atomic E-state index is -0.519. The number of benzene rings is 2. The largest absolute Gasteiger partial charge is 0.354 e. The van der Waals surface area contributed by atoms with Crippen molar-refractivity contribution >= 4 is 29.9 Å². The first kappa shape index (κ1) is 19.8. The van der Waals surface area contributed by atoms with Crippen molar-refractivity contribution in [2.45, 2.75) is 37.1 Å². The Morgan fingerprint density at radius 2 is 1.76 bits per heavy atom. The summed E-state index contributed by atoms with van der Waals surface area (Å²) in [6, 6.07) is 17.3. The molecule has 1 atom stereocenters. The molecular weight excluding hydrogens is 355 g/mol. The van der Waals surface area contributed by atoms with E-state index in [1.165, 1.54) is 12.0 Å². The van der Waals surface area contributed by atoms with Crippen LogP contribution in [0.4, 0.5) is 0 Å². The molecule has 5 heteroatoms. The molecule has 1 aliphatic carbocycles. The molecule has 0 radical (unpaired) electrons. The fourth-order valence-corrected chi connectivity index (χ4v) is 3.45. The number of rotatable bonds is 6. The maximum atomic E-state index is 12.4. The average molecular weight is 379 g/mol. The molecule has 3 N–H and O–H groups in total. The van der Waals surface area contributed by atoms with Gasteiger partial charge in [0, 0.05) is 17.0 Å². The fourth-order valence-electron chi connectivity index (χ4n) is 3.32. The van der Waals surface area contributed by atoms with E-state index >= 15 is 0 Å². The highest BCUT2D eigenvalue weighted by molar-refractivity contribution is 6.30. The van der Waals surface area contributed by atoms with Crippen LogP contribution in [0, 0.1) is 0 Å². The van der Waals surface area contributed by atoms with Crippen LogP contribution in [0.3, 0.4) is 0 Å². The first-order chi connectivity index (χ1) is 11.6. The lowest BCUT2D eigenvalue weighted by atomic mass is 9.64. The van der Waals surface area contributed by atoms with Crippen LogP contribution in [0.25, 0.3) is 0 Å². The molecule has 0 heterocycles. The molecule has 25 heavy (non-hydrogen) atoms. The summed E-state index contributed by atoms with van der Waals surface area (Å²) in [5.41, 5.74) is 8.43. The third kappa shape index (κ3) is 4.75.